The molecule has 0 bridgehead atoms. The van der Waals surface area contributed by atoms with Gasteiger partial charge in [0.25, 0.3) is 0 Å². The first kappa shape index (κ1) is 54.5. The van der Waals surface area contributed by atoms with E-state index in [2.05, 4.69) is 30.6 Å². The molecule has 72 heavy (non-hydrogen) atoms. The first-order valence-corrected chi connectivity index (χ1v) is 27.1. The van der Waals surface area contributed by atoms with Crippen molar-refractivity contribution in [2.24, 2.45) is 61.4 Å². The highest BCUT2D eigenvalue weighted by molar-refractivity contribution is 5.85. The van der Waals surface area contributed by atoms with Gasteiger partial charge in [-0.15, -0.1) is 0 Å². The van der Waals surface area contributed by atoms with E-state index in [1.165, 1.54) is 0 Å². The van der Waals surface area contributed by atoms with Crippen LogP contribution < -0.4 is 10.6 Å². The molecule has 0 saturated heterocycles. The van der Waals surface area contributed by atoms with Gasteiger partial charge in [0, 0.05) is 37.5 Å². The third-order valence-corrected chi connectivity index (χ3v) is 14.9. The van der Waals surface area contributed by atoms with Crippen LogP contribution in [0.15, 0.2) is 20.0 Å². The van der Waals surface area contributed by atoms with Gasteiger partial charge < -0.3 is 48.5 Å². The molecule has 0 spiro atoms. The average molecular weight is 1010 g/mol. The molecule has 400 valence electrons. The number of hydrogen-bond donors (Lipinski definition) is 2. The molecule has 0 aromatic rings. The van der Waals surface area contributed by atoms with Gasteiger partial charge in [-0.3, -0.25) is 48.7 Å². The lowest BCUT2D eigenvalue weighted by molar-refractivity contribution is -0.166. The maximum atomic E-state index is 13.5. The summed E-state index contributed by atoms with van der Waals surface area (Å²) in [6.07, 6.45) is 13.4. The maximum absolute atomic E-state index is 13.5. The number of nitrogens with zero attached hydrogens (tertiary/aromatic N) is 4. The molecule has 0 aromatic heterocycles. The normalized spacial score (nSPS) is 25.4. The molecule has 3 fully saturated rings. The summed E-state index contributed by atoms with van der Waals surface area (Å²) in [5, 5.41) is 5.69. The molecule has 4 aliphatic heterocycles. The Hall–Kier alpha value is -5.30. The number of nitrogens with one attached hydrogen (secondary N) is 2. The number of aliphatic imine (C=N–C) groups is 4. The Bertz CT molecular complexity index is 1960. The molecule has 2 amide bonds. The molecule has 20 nitrogen and oxygen atoms in total. The van der Waals surface area contributed by atoms with Crippen molar-refractivity contribution in [3.8, 4) is 0 Å². The predicted molar refractivity (Wildman–Crippen MR) is 263 cm³/mol. The Kier molecular flexibility index (Phi) is 22.3. The van der Waals surface area contributed by atoms with Gasteiger partial charge in [0.05, 0.1) is 69.5 Å². The molecule has 8 atom stereocenters. The zero-order valence-corrected chi connectivity index (χ0v) is 42.2. The number of esters is 4. The second-order valence-electron chi connectivity index (χ2n) is 20.0. The summed E-state index contributed by atoms with van der Waals surface area (Å²) in [5.74, 6) is -1.32. The summed E-state index contributed by atoms with van der Waals surface area (Å²) in [6.45, 7) is 5.58. The quantitative estimate of drug-likeness (QED) is 0.0568. The molecule has 2 N–H and O–H groups in total. The van der Waals surface area contributed by atoms with Crippen LogP contribution in [-0.4, -0.2) is 151 Å². The highest BCUT2D eigenvalue weighted by atomic mass is 16.6. The minimum Gasteiger partial charge on any atom is -0.479 e. The molecule has 7 rings (SSSR count). The van der Waals surface area contributed by atoms with Gasteiger partial charge in [0.15, 0.2) is 23.6 Å². The van der Waals surface area contributed by atoms with Crippen LogP contribution in [0.5, 0.6) is 0 Å². The Labute approximate surface area is 423 Å². The zero-order valence-electron chi connectivity index (χ0n) is 42.2. The van der Waals surface area contributed by atoms with Crippen LogP contribution in [0.25, 0.3) is 0 Å². The van der Waals surface area contributed by atoms with Gasteiger partial charge in [-0.1, -0.05) is 25.7 Å². The van der Waals surface area contributed by atoms with Crippen LogP contribution in [0, 0.1) is 41.4 Å². The second kappa shape index (κ2) is 29.4. The fraction of sp³-hybridized carbons (Fsp3) is 0.808. The number of rotatable bonds is 29. The third-order valence-electron chi connectivity index (χ3n) is 14.9. The summed E-state index contributed by atoms with van der Waals surface area (Å²) in [5.41, 5.74) is 0. The molecule has 0 aromatic carbocycles. The van der Waals surface area contributed by atoms with Gasteiger partial charge >= 0.3 is 23.9 Å². The summed E-state index contributed by atoms with van der Waals surface area (Å²) in [6, 6.07) is 0. The van der Waals surface area contributed by atoms with E-state index in [0.717, 1.165) is 75.5 Å². The summed E-state index contributed by atoms with van der Waals surface area (Å²) in [7, 11) is 0. The van der Waals surface area contributed by atoms with Crippen molar-refractivity contribution in [3.63, 3.8) is 0 Å². The Morgan fingerprint density at radius 3 is 1.57 bits per heavy atom. The van der Waals surface area contributed by atoms with Crippen molar-refractivity contribution in [2.75, 3.05) is 85.5 Å². The molecule has 4 heterocycles. The minimum absolute atomic E-state index is 0.000427. The molecule has 20 heteroatoms. The number of hydrogen-bond acceptors (Lipinski definition) is 18. The Morgan fingerprint density at radius 2 is 1.01 bits per heavy atom. The van der Waals surface area contributed by atoms with E-state index in [0.29, 0.717) is 129 Å². The molecular weight excluding hydrogens is 933 g/mol. The summed E-state index contributed by atoms with van der Waals surface area (Å²) in [4.78, 5) is 96.5. The lowest BCUT2D eigenvalue weighted by Gasteiger charge is -2.29. The minimum atomic E-state index is -0.617. The maximum Gasteiger partial charge on any atom is 0.310 e. The van der Waals surface area contributed by atoms with Crippen LogP contribution in [0.2, 0.25) is 0 Å². The fourth-order valence-corrected chi connectivity index (χ4v) is 11.0. The third kappa shape index (κ3) is 17.4. The zero-order chi connectivity index (χ0) is 50.3. The SMILES string of the molecule is O=C(CCCC(CCC1=NCCO1)C1=NCCO1)NCCOC(=O)C1CCCCC1C(=O)OCC1CCC(OC(=O)C2CCCCC2C(=O)OCCNC(=O)CCC(CCCC2=NCCO2)C2=NCCO2)C1. The average Bonchev–Trinajstić information content (AvgIpc) is 4.27. The van der Waals surface area contributed by atoms with Crippen molar-refractivity contribution >= 4 is 59.3 Å². The molecule has 3 saturated carbocycles. The number of carbonyl (C=O) groups is 6. The van der Waals surface area contributed by atoms with E-state index in [-0.39, 0.29) is 75.0 Å². The van der Waals surface area contributed by atoms with Crippen LogP contribution in [0.3, 0.4) is 0 Å². The van der Waals surface area contributed by atoms with Gasteiger partial charge in [0.1, 0.15) is 45.7 Å². The van der Waals surface area contributed by atoms with Crippen molar-refractivity contribution < 1.29 is 66.7 Å². The highest BCUT2D eigenvalue weighted by Gasteiger charge is 2.41. The van der Waals surface area contributed by atoms with Gasteiger partial charge in [-0.05, 0) is 89.4 Å². The van der Waals surface area contributed by atoms with Crippen molar-refractivity contribution in [3.05, 3.63) is 0 Å². The lowest BCUT2D eigenvalue weighted by Crippen LogP contribution is -2.37. The van der Waals surface area contributed by atoms with E-state index in [9.17, 15) is 28.8 Å². The van der Waals surface area contributed by atoms with Crippen molar-refractivity contribution in [1.29, 1.82) is 0 Å². The number of amides is 2. The van der Waals surface area contributed by atoms with Crippen LogP contribution in [0.4, 0.5) is 0 Å². The molecule has 7 aliphatic rings. The van der Waals surface area contributed by atoms with Crippen molar-refractivity contribution in [1.82, 2.24) is 10.6 Å². The monoisotopic (exact) mass is 1010 g/mol. The van der Waals surface area contributed by atoms with E-state index in [1.54, 1.807) is 0 Å². The molecule has 0 radical (unpaired) electrons. The van der Waals surface area contributed by atoms with Crippen LogP contribution >= 0.6 is 0 Å². The van der Waals surface area contributed by atoms with Gasteiger partial charge in [-0.25, -0.2) is 0 Å². The largest absolute Gasteiger partial charge is 0.479 e. The second-order valence-corrected chi connectivity index (χ2v) is 20.0. The Balaban J connectivity index is 0.744. The fourth-order valence-electron chi connectivity index (χ4n) is 11.0. The first-order valence-electron chi connectivity index (χ1n) is 27.1. The van der Waals surface area contributed by atoms with Crippen LogP contribution in [-0.2, 0) is 66.7 Å². The van der Waals surface area contributed by atoms with Gasteiger partial charge in [0.2, 0.25) is 11.8 Å². The first-order chi connectivity index (χ1) is 35.2. The number of carbonyl (C=O) groups excluding carboxylic acids is 6. The van der Waals surface area contributed by atoms with E-state index < -0.39 is 47.5 Å². The lowest BCUT2D eigenvalue weighted by atomic mass is 9.79. The van der Waals surface area contributed by atoms with E-state index in [4.69, 9.17) is 37.9 Å². The summed E-state index contributed by atoms with van der Waals surface area (Å²) < 4.78 is 45.5. The standard InChI is InChI=1S/C52H78N6O14/c59-43(13-5-7-37(48-58-26-30-68-48)17-20-46-56-24-28-66-46)53-21-31-69-49(61)39-9-1-2-10-40(39)51(63)71-34-35-15-18-38(33-35)72-52(64)42-12-4-3-11-41(42)50(62)70-32-22-54-44(60)19-16-36(47-57-25-29-67-47)8-6-14-45-55-23-27-65-45/h35-42H,1-34H2,(H,53,59)(H,54,60). The molecule has 3 aliphatic carbocycles. The Morgan fingerprint density at radius 1 is 0.514 bits per heavy atom. The number of ether oxygens (including phenoxy) is 8. The topological polar surface area (TPSA) is 250 Å². The van der Waals surface area contributed by atoms with E-state index in [1.807, 2.05) is 0 Å². The van der Waals surface area contributed by atoms with Gasteiger partial charge in [-0.2, -0.15) is 0 Å². The smallest absolute Gasteiger partial charge is 0.310 e. The predicted octanol–water partition coefficient (Wildman–Crippen LogP) is 5.02. The summed E-state index contributed by atoms with van der Waals surface area (Å²) >= 11 is 0. The van der Waals surface area contributed by atoms with Crippen molar-refractivity contribution in [2.45, 2.75) is 141 Å². The van der Waals surface area contributed by atoms with Crippen LogP contribution in [0.1, 0.15) is 135 Å². The highest BCUT2D eigenvalue weighted by Crippen LogP contribution is 2.36. The molecular formula is C52H78N6O14. The van der Waals surface area contributed by atoms with E-state index >= 15 is 0 Å². The molecule has 8 unspecified atom stereocenters.